The summed E-state index contributed by atoms with van der Waals surface area (Å²) in [6.07, 6.45) is 0. The van der Waals surface area contributed by atoms with Gasteiger partial charge in [0.1, 0.15) is 0 Å². The predicted molar refractivity (Wildman–Crippen MR) is 63.1 cm³/mol. The lowest BCUT2D eigenvalue weighted by Gasteiger charge is -2.01. The van der Waals surface area contributed by atoms with E-state index in [1.54, 1.807) is 17.4 Å². The molecule has 2 aromatic heterocycles. The molecule has 0 aliphatic heterocycles. The molecule has 6 heteroatoms. The first kappa shape index (κ1) is 10.4. The first-order valence-electron chi connectivity index (χ1n) is 3.59. The Balaban J connectivity index is 2.62. The quantitative estimate of drug-likeness (QED) is 0.786. The van der Waals surface area contributed by atoms with Crippen molar-refractivity contribution in [3.8, 4) is 11.1 Å². The van der Waals surface area contributed by atoms with E-state index in [0.29, 0.717) is 10.3 Å². The van der Waals surface area contributed by atoms with Gasteiger partial charge in [0.15, 0.2) is 10.3 Å². The molecule has 0 aromatic carbocycles. The number of hydrogen-bond donors (Lipinski definition) is 0. The molecule has 0 fully saturated rings. The van der Waals surface area contributed by atoms with Crippen LogP contribution in [0.25, 0.3) is 11.1 Å². The van der Waals surface area contributed by atoms with E-state index in [-0.39, 0.29) is 0 Å². The molecule has 0 saturated heterocycles. The highest BCUT2D eigenvalue weighted by atomic mass is 79.9. The van der Waals surface area contributed by atoms with Crippen LogP contribution < -0.4 is 0 Å². The van der Waals surface area contributed by atoms with Crippen molar-refractivity contribution in [2.24, 2.45) is 0 Å². The molecule has 0 amide bonds. The van der Waals surface area contributed by atoms with Crippen molar-refractivity contribution in [1.82, 2.24) is 10.2 Å². The van der Waals surface area contributed by atoms with Gasteiger partial charge >= 0.3 is 0 Å². The highest BCUT2D eigenvalue weighted by Crippen LogP contribution is 2.35. The third-order valence-corrected chi connectivity index (χ3v) is 3.79. The summed E-state index contributed by atoms with van der Waals surface area (Å²) in [5.74, 6) is 0. The van der Waals surface area contributed by atoms with E-state index in [4.69, 9.17) is 23.2 Å². The third-order valence-electron chi connectivity index (χ3n) is 1.62. The lowest BCUT2D eigenvalue weighted by atomic mass is 10.2. The normalized spacial score (nSPS) is 10.5. The minimum atomic E-state index is 0.336. The van der Waals surface area contributed by atoms with E-state index in [2.05, 4.69) is 26.1 Å². The highest BCUT2D eigenvalue weighted by Gasteiger charge is 2.10. The summed E-state index contributed by atoms with van der Waals surface area (Å²) in [6.45, 7) is 0. The van der Waals surface area contributed by atoms with Gasteiger partial charge in [-0.3, -0.25) is 0 Å². The van der Waals surface area contributed by atoms with Crippen LogP contribution in [0.1, 0.15) is 0 Å². The Morgan fingerprint density at radius 1 is 1.14 bits per heavy atom. The first-order valence-corrected chi connectivity index (χ1v) is 6.08. The minimum Gasteiger partial charge on any atom is -0.151 e. The number of rotatable bonds is 1. The Labute approximate surface area is 103 Å². The van der Waals surface area contributed by atoms with Gasteiger partial charge in [-0.2, -0.15) is 11.3 Å². The minimum absolute atomic E-state index is 0.336. The molecule has 2 heterocycles. The summed E-state index contributed by atoms with van der Waals surface area (Å²) in [6, 6.07) is 1.70. The second-order valence-electron chi connectivity index (χ2n) is 2.50. The van der Waals surface area contributed by atoms with Gasteiger partial charge in [-0.05, 0) is 27.4 Å². The largest absolute Gasteiger partial charge is 0.159 e. The molecular formula is C8H3BrCl2N2S. The summed E-state index contributed by atoms with van der Waals surface area (Å²) in [5, 5.41) is 12.0. The monoisotopic (exact) mass is 308 g/mol. The lowest BCUT2D eigenvalue weighted by Crippen LogP contribution is -1.87. The van der Waals surface area contributed by atoms with Crippen LogP contribution in [0.4, 0.5) is 0 Å². The van der Waals surface area contributed by atoms with E-state index in [1.165, 1.54) is 0 Å². The summed E-state index contributed by atoms with van der Waals surface area (Å²) >= 11 is 16.7. The number of aromatic nitrogens is 2. The van der Waals surface area contributed by atoms with E-state index in [1.807, 2.05) is 10.8 Å². The molecule has 72 valence electrons. The number of nitrogens with zero attached hydrogens (tertiary/aromatic N) is 2. The molecule has 2 nitrogen and oxygen atoms in total. The SMILES string of the molecule is Clc1cc(-c2cscc2Br)c(Cl)nn1. The van der Waals surface area contributed by atoms with Crippen molar-refractivity contribution in [2.45, 2.75) is 0 Å². The van der Waals surface area contributed by atoms with Crippen molar-refractivity contribution >= 4 is 50.5 Å². The maximum absolute atomic E-state index is 5.91. The van der Waals surface area contributed by atoms with E-state index in [0.717, 1.165) is 15.6 Å². The van der Waals surface area contributed by atoms with Gasteiger partial charge in [-0.15, -0.1) is 10.2 Å². The fraction of sp³-hybridized carbons (Fsp3) is 0. The molecule has 0 N–H and O–H groups in total. The zero-order chi connectivity index (χ0) is 10.1. The Hall–Kier alpha value is -0.160. The molecule has 0 radical (unpaired) electrons. The maximum atomic E-state index is 5.91. The number of halogens is 3. The molecule has 0 bridgehead atoms. The molecule has 0 aliphatic rings. The van der Waals surface area contributed by atoms with Crippen LogP contribution in [0, 0.1) is 0 Å². The van der Waals surface area contributed by atoms with Crippen LogP contribution in [0.15, 0.2) is 21.3 Å². The topological polar surface area (TPSA) is 25.8 Å². The summed E-state index contributed by atoms with van der Waals surface area (Å²) in [5.41, 5.74) is 1.77. The molecule has 0 unspecified atom stereocenters. The number of hydrogen-bond acceptors (Lipinski definition) is 3. The summed E-state index contributed by atoms with van der Waals surface area (Å²) < 4.78 is 0.980. The average molecular weight is 310 g/mol. The van der Waals surface area contributed by atoms with Crippen molar-refractivity contribution in [3.63, 3.8) is 0 Å². The second-order valence-corrected chi connectivity index (χ2v) is 4.85. The first-order chi connectivity index (χ1) is 6.68. The molecule has 0 spiro atoms. The van der Waals surface area contributed by atoms with E-state index < -0.39 is 0 Å². The van der Waals surface area contributed by atoms with Gasteiger partial charge in [-0.25, -0.2) is 0 Å². The van der Waals surface area contributed by atoms with Crippen molar-refractivity contribution in [3.05, 3.63) is 31.6 Å². The zero-order valence-corrected chi connectivity index (χ0v) is 10.6. The van der Waals surface area contributed by atoms with Crippen LogP contribution >= 0.6 is 50.5 Å². The van der Waals surface area contributed by atoms with Gasteiger partial charge in [-0.1, -0.05) is 23.2 Å². The average Bonchev–Trinajstić information content (AvgIpc) is 2.56. The summed E-state index contributed by atoms with van der Waals surface area (Å²) in [7, 11) is 0. The van der Waals surface area contributed by atoms with Crippen LogP contribution in [-0.4, -0.2) is 10.2 Å². The Kier molecular flexibility index (Phi) is 3.07. The molecule has 2 rings (SSSR count). The molecule has 0 saturated carbocycles. The third kappa shape index (κ3) is 1.93. The van der Waals surface area contributed by atoms with Crippen molar-refractivity contribution in [2.75, 3.05) is 0 Å². The summed E-state index contributed by atoms with van der Waals surface area (Å²) in [4.78, 5) is 0. The Morgan fingerprint density at radius 2 is 1.93 bits per heavy atom. The number of thiophene rings is 1. The van der Waals surface area contributed by atoms with Crippen molar-refractivity contribution < 1.29 is 0 Å². The van der Waals surface area contributed by atoms with Gasteiger partial charge in [0.2, 0.25) is 0 Å². The standard InChI is InChI=1S/C8H3BrCl2N2S/c9-6-3-14-2-5(6)4-1-7(10)12-13-8(4)11/h1-3H. The molecule has 14 heavy (non-hydrogen) atoms. The molecular weight excluding hydrogens is 307 g/mol. The van der Waals surface area contributed by atoms with Gasteiger partial charge < -0.3 is 0 Å². The van der Waals surface area contributed by atoms with Crippen LogP contribution in [0.5, 0.6) is 0 Å². The van der Waals surface area contributed by atoms with Crippen molar-refractivity contribution in [1.29, 1.82) is 0 Å². The van der Waals surface area contributed by atoms with Crippen LogP contribution in [0.2, 0.25) is 10.3 Å². The van der Waals surface area contributed by atoms with E-state index in [9.17, 15) is 0 Å². The van der Waals surface area contributed by atoms with Gasteiger partial charge in [0.25, 0.3) is 0 Å². The highest BCUT2D eigenvalue weighted by molar-refractivity contribution is 9.10. The maximum Gasteiger partial charge on any atom is 0.159 e. The van der Waals surface area contributed by atoms with Crippen LogP contribution in [0.3, 0.4) is 0 Å². The van der Waals surface area contributed by atoms with Gasteiger partial charge in [0.05, 0.1) is 0 Å². The smallest absolute Gasteiger partial charge is 0.151 e. The zero-order valence-electron chi connectivity index (χ0n) is 6.67. The lowest BCUT2D eigenvalue weighted by molar-refractivity contribution is 1.03. The molecule has 2 aromatic rings. The Bertz CT molecular complexity index is 472. The van der Waals surface area contributed by atoms with Gasteiger partial charge in [0, 0.05) is 21.0 Å². The fourth-order valence-electron chi connectivity index (χ4n) is 1.02. The van der Waals surface area contributed by atoms with E-state index >= 15 is 0 Å². The fourth-order valence-corrected chi connectivity index (χ4v) is 2.86. The second kappa shape index (κ2) is 4.14. The van der Waals surface area contributed by atoms with Crippen LogP contribution in [-0.2, 0) is 0 Å². The molecule has 0 aliphatic carbocycles. The Morgan fingerprint density at radius 3 is 2.57 bits per heavy atom. The molecule has 0 atom stereocenters. The predicted octanol–water partition coefficient (Wildman–Crippen LogP) is 4.27.